The molecule has 0 bridgehead atoms. The minimum absolute atomic E-state index is 0.0503. The van der Waals surface area contributed by atoms with Gasteiger partial charge < -0.3 is 9.47 Å². The van der Waals surface area contributed by atoms with Gasteiger partial charge in [-0.2, -0.15) is 10.4 Å². The Bertz CT molecular complexity index is 914. The van der Waals surface area contributed by atoms with Crippen LogP contribution >= 0.6 is 23.2 Å². The fourth-order valence-electron chi connectivity index (χ4n) is 2.38. The smallest absolute Gasteiger partial charge is 0.336 e. The van der Waals surface area contributed by atoms with Crippen LogP contribution in [-0.2, 0) is 11.3 Å². The summed E-state index contributed by atoms with van der Waals surface area (Å²) < 4.78 is 12.1. The van der Waals surface area contributed by atoms with E-state index in [-0.39, 0.29) is 16.5 Å². The molecule has 1 heterocycles. The SMILES string of the molecule is CCCCn1nc(C)c(/C=C\C(=O)Oc2c(Cl)cc(C#N)cc2OC)c1Cl. The predicted molar refractivity (Wildman–Crippen MR) is 104 cm³/mol. The summed E-state index contributed by atoms with van der Waals surface area (Å²) in [5.41, 5.74) is 1.67. The second-order valence-corrected chi connectivity index (χ2v) is 6.49. The maximum atomic E-state index is 12.2. The van der Waals surface area contributed by atoms with Gasteiger partial charge in [0.15, 0.2) is 11.5 Å². The molecule has 1 aromatic heterocycles. The van der Waals surface area contributed by atoms with Gasteiger partial charge in [-0.25, -0.2) is 4.79 Å². The number of ether oxygens (including phenoxy) is 2. The van der Waals surface area contributed by atoms with Gasteiger partial charge in [-0.3, -0.25) is 4.68 Å². The highest BCUT2D eigenvalue weighted by molar-refractivity contribution is 6.32. The number of unbranched alkanes of at least 4 members (excludes halogenated alkanes) is 1. The second kappa shape index (κ2) is 9.45. The van der Waals surface area contributed by atoms with E-state index in [1.165, 1.54) is 25.3 Å². The maximum absolute atomic E-state index is 12.2. The van der Waals surface area contributed by atoms with E-state index in [0.717, 1.165) is 12.8 Å². The molecule has 0 amide bonds. The molecule has 0 atom stereocenters. The van der Waals surface area contributed by atoms with Crippen LogP contribution in [0.25, 0.3) is 6.08 Å². The Labute approximate surface area is 167 Å². The third-order valence-corrected chi connectivity index (χ3v) is 4.46. The molecule has 1 aromatic carbocycles. The first-order chi connectivity index (χ1) is 12.9. The standard InChI is InChI=1S/C19H19Cl2N3O3/c1-4-5-8-24-19(21)14(12(2)23-24)6-7-17(25)27-18-15(20)9-13(11-22)10-16(18)26-3/h6-7,9-10H,4-5,8H2,1-3H3/b7-6-. The number of hydrogen-bond acceptors (Lipinski definition) is 5. The van der Waals surface area contributed by atoms with Crippen LogP contribution in [0.2, 0.25) is 10.2 Å². The van der Waals surface area contributed by atoms with Gasteiger partial charge in [0.05, 0.1) is 29.5 Å². The van der Waals surface area contributed by atoms with E-state index >= 15 is 0 Å². The van der Waals surface area contributed by atoms with E-state index in [0.29, 0.717) is 28.5 Å². The number of nitrogens with zero attached hydrogens (tertiary/aromatic N) is 3. The number of esters is 1. The number of rotatable bonds is 7. The summed E-state index contributed by atoms with van der Waals surface area (Å²) in [5.74, 6) is -0.409. The van der Waals surface area contributed by atoms with Crippen LogP contribution in [0.15, 0.2) is 18.2 Å². The molecule has 0 aliphatic heterocycles. The molecule has 8 heteroatoms. The van der Waals surface area contributed by atoms with Crippen LogP contribution in [0.5, 0.6) is 11.5 Å². The first-order valence-corrected chi connectivity index (χ1v) is 9.07. The van der Waals surface area contributed by atoms with E-state index in [2.05, 4.69) is 12.0 Å². The number of benzene rings is 1. The summed E-state index contributed by atoms with van der Waals surface area (Å²) >= 11 is 12.4. The second-order valence-electron chi connectivity index (χ2n) is 5.72. The number of carbonyl (C=O) groups excluding carboxylic acids is 1. The van der Waals surface area contributed by atoms with Gasteiger partial charge in [0, 0.05) is 24.3 Å². The lowest BCUT2D eigenvalue weighted by atomic mass is 10.2. The van der Waals surface area contributed by atoms with Crippen molar-refractivity contribution in [2.75, 3.05) is 7.11 Å². The Morgan fingerprint density at radius 3 is 2.78 bits per heavy atom. The Kier molecular flexibility index (Phi) is 7.28. The molecule has 0 radical (unpaired) electrons. The molecule has 2 aromatic rings. The molecular formula is C19H19Cl2N3O3. The zero-order chi connectivity index (χ0) is 20.0. The van der Waals surface area contributed by atoms with Crippen LogP contribution < -0.4 is 9.47 Å². The Morgan fingerprint density at radius 1 is 1.41 bits per heavy atom. The molecule has 142 valence electrons. The molecule has 0 unspecified atom stereocenters. The number of carbonyl (C=O) groups is 1. The number of nitriles is 1. The Morgan fingerprint density at radius 2 is 2.15 bits per heavy atom. The number of aromatic nitrogens is 2. The fourth-order valence-corrected chi connectivity index (χ4v) is 2.95. The van der Waals surface area contributed by atoms with Crippen molar-refractivity contribution in [2.24, 2.45) is 0 Å². The quantitative estimate of drug-likeness (QED) is 0.374. The summed E-state index contributed by atoms with van der Waals surface area (Å²) in [6.07, 6.45) is 4.79. The normalized spacial score (nSPS) is 10.8. The van der Waals surface area contributed by atoms with Gasteiger partial charge in [-0.1, -0.05) is 36.5 Å². The Hall–Kier alpha value is -2.49. The largest absolute Gasteiger partial charge is 0.493 e. The van der Waals surface area contributed by atoms with Gasteiger partial charge in [0.2, 0.25) is 0 Å². The van der Waals surface area contributed by atoms with Gasteiger partial charge in [0.25, 0.3) is 0 Å². The molecule has 0 spiro atoms. The number of methoxy groups -OCH3 is 1. The van der Waals surface area contributed by atoms with Crippen LogP contribution in [0.4, 0.5) is 0 Å². The van der Waals surface area contributed by atoms with Crippen LogP contribution in [0.1, 0.15) is 36.6 Å². The lowest BCUT2D eigenvalue weighted by molar-refractivity contribution is -0.129. The van der Waals surface area contributed by atoms with Crippen molar-refractivity contribution in [1.29, 1.82) is 5.26 Å². The number of halogens is 2. The van der Waals surface area contributed by atoms with Gasteiger partial charge in [-0.15, -0.1) is 0 Å². The van der Waals surface area contributed by atoms with Crippen molar-refractivity contribution >= 4 is 35.2 Å². The summed E-state index contributed by atoms with van der Waals surface area (Å²) in [7, 11) is 1.40. The molecule has 0 aliphatic carbocycles. The first-order valence-electron chi connectivity index (χ1n) is 8.31. The lowest BCUT2D eigenvalue weighted by Gasteiger charge is -2.10. The van der Waals surface area contributed by atoms with Crippen molar-refractivity contribution in [3.05, 3.63) is 45.2 Å². The molecule has 0 N–H and O–H groups in total. The Balaban J connectivity index is 2.20. The topological polar surface area (TPSA) is 77.1 Å². The van der Waals surface area contributed by atoms with E-state index < -0.39 is 5.97 Å². The van der Waals surface area contributed by atoms with Crippen LogP contribution in [-0.4, -0.2) is 22.9 Å². The van der Waals surface area contributed by atoms with E-state index in [4.69, 9.17) is 37.9 Å². The summed E-state index contributed by atoms with van der Waals surface area (Å²) in [6, 6.07) is 4.80. The van der Waals surface area contributed by atoms with Crippen molar-refractivity contribution in [3.8, 4) is 17.6 Å². The van der Waals surface area contributed by atoms with E-state index in [9.17, 15) is 4.79 Å². The summed E-state index contributed by atoms with van der Waals surface area (Å²) in [4.78, 5) is 12.2. The van der Waals surface area contributed by atoms with E-state index in [1.54, 1.807) is 10.8 Å². The van der Waals surface area contributed by atoms with Crippen LogP contribution in [0.3, 0.4) is 0 Å². The third kappa shape index (κ3) is 5.03. The van der Waals surface area contributed by atoms with E-state index in [1.807, 2.05) is 13.0 Å². The zero-order valence-corrected chi connectivity index (χ0v) is 16.8. The highest BCUT2D eigenvalue weighted by Crippen LogP contribution is 2.36. The number of hydrogen-bond donors (Lipinski definition) is 0. The zero-order valence-electron chi connectivity index (χ0n) is 15.3. The molecule has 27 heavy (non-hydrogen) atoms. The summed E-state index contributed by atoms with van der Waals surface area (Å²) in [5, 5.41) is 13.9. The van der Waals surface area contributed by atoms with Gasteiger partial charge in [0.1, 0.15) is 5.15 Å². The average molecular weight is 408 g/mol. The third-order valence-electron chi connectivity index (χ3n) is 3.78. The first kappa shape index (κ1) is 20.8. The van der Waals surface area contributed by atoms with Crippen LogP contribution in [0, 0.1) is 18.3 Å². The molecule has 0 saturated carbocycles. The maximum Gasteiger partial charge on any atom is 0.336 e. The summed E-state index contributed by atoms with van der Waals surface area (Å²) in [6.45, 7) is 4.62. The minimum Gasteiger partial charge on any atom is -0.493 e. The molecule has 0 saturated heterocycles. The number of aryl methyl sites for hydroxylation is 2. The fraction of sp³-hybridized carbons (Fsp3) is 0.316. The molecule has 6 nitrogen and oxygen atoms in total. The highest BCUT2D eigenvalue weighted by Gasteiger charge is 2.16. The predicted octanol–water partition coefficient (Wildman–Crippen LogP) is 4.80. The lowest BCUT2D eigenvalue weighted by Crippen LogP contribution is -2.06. The molecule has 0 fully saturated rings. The minimum atomic E-state index is -0.656. The van der Waals surface area contributed by atoms with Gasteiger partial charge >= 0.3 is 5.97 Å². The monoisotopic (exact) mass is 407 g/mol. The molecular weight excluding hydrogens is 389 g/mol. The van der Waals surface area contributed by atoms with Gasteiger partial charge in [-0.05, 0) is 25.5 Å². The molecule has 2 rings (SSSR count). The van der Waals surface area contributed by atoms with Crippen molar-refractivity contribution in [2.45, 2.75) is 33.2 Å². The van der Waals surface area contributed by atoms with Crippen molar-refractivity contribution < 1.29 is 14.3 Å². The molecule has 0 aliphatic rings. The van der Waals surface area contributed by atoms with Crippen molar-refractivity contribution in [1.82, 2.24) is 9.78 Å². The average Bonchev–Trinajstić information content (AvgIpc) is 2.92. The van der Waals surface area contributed by atoms with Crippen molar-refractivity contribution in [3.63, 3.8) is 0 Å². The highest BCUT2D eigenvalue weighted by atomic mass is 35.5.